The Balaban J connectivity index is 1.60. The summed E-state index contributed by atoms with van der Waals surface area (Å²) in [6.07, 6.45) is 1.94. The second-order valence-electron chi connectivity index (χ2n) is 6.03. The van der Waals surface area contributed by atoms with Gasteiger partial charge in [-0.3, -0.25) is 9.59 Å². The summed E-state index contributed by atoms with van der Waals surface area (Å²) in [5, 5.41) is 16.2. The molecule has 2 amide bonds. The summed E-state index contributed by atoms with van der Waals surface area (Å²) in [4.78, 5) is 23.7. The Kier molecular flexibility index (Phi) is 4.79. The Hall–Kier alpha value is -3.15. The number of benzene rings is 2. The minimum atomic E-state index is -0.354. The van der Waals surface area contributed by atoms with Crippen molar-refractivity contribution in [3.8, 4) is 5.75 Å². The fourth-order valence-electron chi connectivity index (χ4n) is 2.26. The van der Waals surface area contributed by atoms with E-state index in [0.29, 0.717) is 11.3 Å². The third-order valence-electron chi connectivity index (χ3n) is 3.97. The van der Waals surface area contributed by atoms with Gasteiger partial charge in [-0.2, -0.15) is 5.10 Å². The monoisotopic (exact) mass is 337 g/mol. The summed E-state index contributed by atoms with van der Waals surface area (Å²) in [6, 6.07) is 13.2. The van der Waals surface area contributed by atoms with Crippen LogP contribution in [-0.2, 0) is 4.79 Å². The molecule has 0 aliphatic heterocycles. The van der Waals surface area contributed by atoms with Gasteiger partial charge >= 0.3 is 0 Å². The molecular formula is C19H19N3O3. The zero-order valence-corrected chi connectivity index (χ0v) is 13.8. The second-order valence-corrected chi connectivity index (χ2v) is 6.03. The molecule has 6 heteroatoms. The highest BCUT2D eigenvalue weighted by molar-refractivity contribution is 6.01. The van der Waals surface area contributed by atoms with Crippen molar-refractivity contribution in [3.05, 3.63) is 59.7 Å². The smallest absolute Gasteiger partial charge is 0.271 e. The third kappa shape index (κ3) is 4.44. The first-order valence-corrected chi connectivity index (χ1v) is 8.08. The summed E-state index contributed by atoms with van der Waals surface area (Å²) in [5.41, 5.74) is 5.13. The van der Waals surface area contributed by atoms with E-state index in [4.69, 9.17) is 0 Å². The second kappa shape index (κ2) is 7.17. The summed E-state index contributed by atoms with van der Waals surface area (Å²) in [5.74, 6) is -0.0184. The predicted octanol–water partition coefficient (Wildman–Crippen LogP) is 2.89. The number of nitrogens with one attached hydrogen (secondary N) is 2. The number of nitrogens with zero attached hydrogens (tertiary/aromatic N) is 1. The molecule has 1 aliphatic carbocycles. The molecule has 1 fully saturated rings. The summed E-state index contributed by atoms with van der Waals surface area (Å²) < 4.78 is 0. The first-order chi connectivity index (χ1) is 12.0. The van der Waals surface area contributed by atoms with Crippen LogP contribution in [-0.4, -0.2) is 22.6 Å². The van der Waals surface area contributed by atoms with Gasteiger partial charge < -0.3 is 10.4 Å². The van der Waals surface area contributed by atoms with Crippen LogP contribution >= 0.6 is 0 Å². The summed E-state index contributed by atoms with van der Waals surface area (Å²) >= 11 is 0. The molecular weight excluding hydrogens is 318 g/mol. The number of phenolic OH excluding ortho intramolecular Hbond substituents is 1. The Morgan fingerprint density at radius 3 is 2.20 bits per heavy atom. The van der Waals surface area contributed by atoms with Crippen LogP contribution in [0.4, 0.5) is 5.69 Å². The van der Waals surface area contributed by atoms with Gasteiger partial charge in [0.25, 0.3) is 5.91 Å². The number of hydrogen-bond donors (Lipinski definition) is 3. The number of hydrazone groups is 1. The molecule has 0 aromatic heterocycles. The molecule has 0 saturated heterocycles. The van der Waals surface area contributed by atoms with E-state index in [-0.39, 0.29) is 23.5 Å². The molecule has 1 aliphatic rings. The van der Waals surface area contributed by atoms with Crippen LogP contribution in [0.3, 0.4) is 0 Å². The van der Waals surface area contributed by atoms with Gasteiger partial charge in [-0.1, -0.05) is 12.1 Å². The standard InChI is InChI=1S/C19H19N3O3/c1-12(21-22-19(25)15-6-10-17(23)11-7-15)13-4-8-16(9-5-13)20-18(24)14-2-3-14/h4-11,14,23H,2-3H2,1H3,(H,20,24)(H,22,25). The number of carbonyl (C=O) groups is 2. The number of carbonyl (C=O) groups excluding carboxylic acids is 2. The topological polar surface area (TPSA) is 90.8 Å². The minimum absolute atomic E-state index is 0.0688. The Labute approximate surface area is 145 Å². The van der Waals surface area contributed by atoms with Gasteiger partial charge in [0.05, 0.1) is 5.71 Å². The highest BCUT2D eigenvalue weighted by Crippen LogP contribution is 2.30. The number of phenols is 1. The van der Waals surface area contributed by atoms with Gasteiger partial charge in [0, 0.05) is 17.2 Å². The Morgan fingerprint density at radius 1 is 1.00 bits per heavy atom. The van der Waals surface area contributed by atoms with Gasteiger partial charge in [0.1, 0.15) is 5.75 Å². The zero-order chi connectivity index (χ0) is 17.8. The molecule has 2 aromatic carbocycles. The first-order valence-electron chi connectivity index (χ1n) is 8.08. The molecule has 0 radical (unpaired) electrons. The maximum absolute atomic E-state index is 12.0. The molecule has 0 heterocycles. The van der Waals surface area contributed by atoms with Gasteiger partial charge in [-0.05, 0) is 61.7 Å². The largest absolute Gasteiger partial charge is 0.508 e. The van der Waals surface area contributed by atoms with Crippen molar-refractivity contribution in [1.29, 1.82) is 0 Å². The number of amides is 2. The van der Waals surface area contributed by atoms with Gasteiger partial charge in [-0.15, -0.1) is 0 Å². The first kappa shape index (κ1) is 16.7. The SMILES string of the molecule is CC(=NNC(=O)c1ccc(O)cc1)c1ccc(NC(=O)C2CC2)cc1. The van der Waals surface area contributed by atoms with Gasteiger partial charge in [0.2, 0.25) is 5.91 Å². The van der Waals surface area contributed by atoms with Crippen LogP contribution in [0.25, 0.3) is 0 Å². The molecule has 1 saturated carbocycles. The number of hydrogen-bond acceptors (Lipinski definition) is 4. The Morgan fingerprint density at radius 2 is 1.60 bits per heavy atom. The molecule has 3 rings (SSSR count). The summed E-state index contributed by atoms with van der Waals surface area (Å²) in [7, 11) is 0. The highest BCUT2D eigenvalue weighted by Gasteiger charge is 2.29. The average Bonchev–Trinajstić information content (AvgIpc) is 3.46. The van der Waals surface area contributed by atoms with Crippen LogP contribution in [0.1, 0.15) is 35.7 Å². The van der Waals surface area contributed by atoms with Crippen molar-refractivity contribution in [2.24, 2.45) is 11.0 Å². The lowest BCUT2D eigenvalue weighted by Crippen LogP contribution is -2.19. The zero-order valence-electron chi connectivity index (χ0n) is 13.8. The molecule has 6 nitrogen and oxygen atoms in total. The van der Waals surface area contributed by atoms with Crippen LogP contribution in [0, 0.1) is 5.92 Å². The van der Waals surface area contributed by atoms with Crippen LogP contribution < -0.4 is 10.7 Å². The lowest BCUT2D eigenvalue weighted by molar-refractivity contribution is -0.117. The maximum Gasteiger partial charge on any atom is 0.271 e. The van der Waals surface area contributed by atoms with E-state index in [1.54, 1.807) is 6.92 Å². The molecule has 128 valence electrons. The molecule has 2 aromatic rings. The van der Waals surface area contributed by atoms with Crippen molar-refractivity contribution in [1.82, 2.24) is 5.43 Å². The van der Waals surface area contributed by atoms with E-state index in [2.05, 4.69) is 15.8 Å². The molecule has 3 N–H and O–H groups in total. The van der Waals surface area contributed by atoms with E-state index < -0.39 is 0 Å². The van der Waals surface area contributed by atoms with E-state index in [0.717, 1.165) is 24.1 Å². The highest BCUT2D eigenvalue weighted by atomic mass is 16.3. The maximum atomic E-state index is 12.0. The van der Waals surface area contributed by atoms with E-state index in [1.807, 2.05) is 24.3 Å². The van der Waals surface area contributed by atoms with E-state index in [1.165, 1.54) is 24.3 Å². The van der Waals surface area contributed by atoms with E-state index in [9.17, 15) is 14.7 Å². The lowest BCUT2D eigenvalue weighted by atomic mass is 10.1. The van der Waals surface area contributed by atoms with Crippen LogP contribution in [0.5, 0.6) is 5.75 Å². The molecule has 0 spiro atoms. The molecule has 25 heavy (non-hydrogen) atoms. The third-order valence-corrected chi connectivity index (χ3v) is 3.97. The quantitative estimate of drug-likeness (QED) is 0.579. The summed E-state index contributed by atoms with van der Waals surface area (Å²) in [6.45, 7) is 1.79. The molecule has 0 unspecified atom stereocenters. The fraction of sp³-hybridized carbons (Fsp3) is 0.211. The van der Waals surface area contributed by atoms with Crippen LogP contribution in [0.2, 0.25) is 0 Å². The molecule has 0 bridgehead atoms. The van der Waals surface area contributed by atoms with Gasteiger partial charge in [0.15, 0.2) is 0 Å². The van der Waals surface area contributed by atoms with E-state index >= 15 is 0 Å². The number of aromatic hydroxyl groups is 1. The van der Waals surface area contributed by atoms with Crippen molar-refractivity contribution in [2.75, 3.05) is 5.32 Å². The van der Waals surface area contributed by atoms with Crippen molar-refractivity contribution in [2.45, 2.75) is 19.8 Å². The predicted molar refractivity (Wildman–Crippen MR) is 95.6 cm³/mol. The van der Waals surface area contributed by atoms with Crippen molar-refractivity contribution < 1.29 is 14.7 Å². The van der Waals surface area contributed by atoms with Crippen molar-refractivity contribution in [3.63, 3.8) is 0 Å². The fourth-order valence-corrected chi connectivity index (χ4v) is 2.26. The van der Waals surface area contributed by atoms with Crippen LogP contribution in [0.15, 0.2) is 53.6 Å². The lowest BCUT2D eigenvalue weighted by Gasteiger charge is -2.06. The normalized spacial score (nSPS) is 14.0. The average molecular weight is 337 g/mol. The number of rotatable bonds is 5. The Bertz CT molecular complexity index is 807. The number of anilines is 1. The van der Waals surface area contributed by atoms with Gasteiger partial charge in [-0.25, -0.2) is 5.43 Å². The minimum Gasteiger partial charge on any atom is -0.508 e. The van der Waals surface area contributed by atoms with Crippen molar-refractivity contribution >= 4 is 23.2 Å². The molecule has 0 atom stereocenters.